The van der Waals surface area contributed by atoms with Crippen molar-refractivity contribution in [2.24, 2.45) is 0 Å². The van der Waals surface area contributed by atoms with Gasteiger partial charge in [-0.25, -0.2) is 9.97 Å². The van der Waals surface area contributed by atoms with Gasteiger partial charge in [0, 0.05) is 47.4 Å². The van der Waals surface area contributed by atoms with Gasteiger partial charge in [0.1, 0.15) is 0 Å². The summed E-state index contributed by atoms with van der Waals surface area (Å²) in [5.74, 6) is 0.990. The normalized spacial score (nSPS) is 11.1. The number of aryl methyl sites for hydroxylation is 1. The second kappa shape index (κ2) is 8.37. The predicted molar refractivity (Wildman–Crippen MR) is 122 cm³/mol. The van der Waals surface area contributed by atoms with Crippen molar-refractivity contribution in [1.29, 1.82) is 0 Å². The van der Waals surface area contributed by atoms with Crippen LogP contribution in [-0.2, 0) is 11.2 Å². The van der Waals surface area contributed by atoms with E-state index in [1.807, 2.05) is 64.6 Å². The Bertz CT molecular complexity index is 1320. The molecule has 0 bridgehead atoms. The lowest BCUT2D eigenvalue weighted by Gasteiger charge is -2.05. The minimum absolute atomic E-state index is 0.104. The van der Waals surface area contributed by atoms with Crippen LogP contribution >= 0.6 is 22.9 Å². The summed E-state index contributed by atoms with van der Waals surface area (Å²) in [6.45, 7) is 0. The van der Waals surface area contributed by atoms with E-state index in [1.54, 1.807) is 23.6 Å². The van der Waals surface area contributed by atoms with E-state index in [9.17, 15) is 4.79 Å². The molecule has 0 spiro atoms. The third-order valence-electron chi connectivity index (χ3n) is 4.82. The SMILES string of the molecule is O=C(CCc1ncc(-c2ccccc2Cl)o1)Nc1ccc(-c2cn3ccsc3n2)cc1. The van der Waals surface area contributed by atoms with Crippen molar-refractivity contribution < 1.29 is 9.21 Å². The van der Waals surface area contributed by atoms with E-state index in [4.69, 9.17) is 16.0 Å². The third-order valence-corrected chi connectivity index (χ3v) is 5.92. The van der Waals surface area contributed by atoms with Crippen LogP contribution in [0.2, 0.25) is 5.02 Å². The number of rotatable bonds is 6. The van der Waals surface area contributed by atoms with Crippen LogP contribution in [0.4, 0.5) is 5.69 Å². The monoisotopic (exact) mass is 448 g/mol. The molecule has 0 aliphatic carbocycles. The van der Waals surface area contributed by atoms with Crippen molar-refractivity contribution >= 4 is 39.5 Å². The molecule has 3 aromatic heterocycles. The standard InChI is InChI=1S/C23H17ClN4O2S/c24-18-4-2-1-3-17(18)20-13-25-22(30-20)10-9-21(29)26-16-7-5-15(6-8-16)19-14-28-11-12-31-23(28)27-19/h1-8,11-14H,9-10H2,(H,26,29). The molecule has 0 atom stereocenters. The van der Waals surface area contributed by atoms with Gasteiger partial charge in [-0.15, -0.1) is 11.3 Å². The highest BCUT2D eigenvalue weighted by molar-refractivity contribution is 7.15. The summed E-state index contributed by atoms with van der Waals surface area (Å²) < 4.78 is 7.75. The fourth-order valence-corrected chi connectivity index (χ4v) is 4.18. The Kier molecular flexibility index (Phi) is 5.28. The number of carbonyl (C=O) groups is 1. The zero-order chi connectivity index (χ0) is 21.2. The number of hydrogen-bond acceptors (Lipinski definition) is 5. The third kappa shape index (κ3) is 4.23. The fourth-order valence-electron chi connectivity index (χ4n) is 3.25. The lowest BCUT2D eigenvalue weighted by atomic mass is 10.1. The van der Waals surface area contributed by atoms with Crippen molar-refractivity contribution in [3.8, 4) is 22.6 Å². The van der Waals surface area contributed by atoms with E-state index in [-0.39, 0.29) is 12.3 Å². The Balaban J connectivity index is 1.18. The number of amides is 1. The summed E-state index contributed by atoms with van der Waals surface area (Å²) in [6.07, 6.45) is 6.28. The first kappa shape index (κ1) is 19.5. The van der Waals surface area contributed by atoms with E-state index < -0.39 is 0 Å². The highest BCUT2D eigenvalue weighted by atomic mass is 35.5. The molecule has 5 aromatic rings. The lowest BCUT2D eigenvalue weighted by molar-refractivity contribution is -0.116. The summed E-state index contributed by atoms with van der Waals surface area (Å²) >= 11 is 7.79. The van der Waals surface area contributed by atoms with Crippen LogP contribution in [0.15, 0.2) is 76.9 Å². The molecule has 0 saturated carbocycles. The molecule has 1 amide bonds. The predicted octanol–water partition coefficient (Wildman–Crippen LogP) is 5.94. The van der Waals surface area contributed by atoms with Crippen LogP contribution in [0.3, 0.4) is 0 Å². The number of halogens is 1. The summed E-state index contributed by atoms with van der Waals surface area (Å²) in [5, 5.41) is 5.51. The first-order valence-electron chi connectivity index (χ1n) is 9.68. The molecular formula is C23H17ClN4O2S. The second-order valence-electron chi connectivity index (χ2n) is 6.94. The van der Waals surface area contributed by atoms with Gasteiger partial charge in [0.2, 0.25) is 5.91 Å². The molecule has 3 heterocycles. The van der Waals surface area contributed by atoms with Gasteiger partial charge in [0.05, 0.1) is 16.9 Å². The number of hydrogen-bond donors (Lipinski definition) is 1. The second-order valence-corrected chi connectivity index (χ2v) is 8.22. The molecule has 1 N–H and O–H groups in total. The number of aromatic nitrogens is 3. The molecule has 0 saturated heterocycles. The number of nitrogens with zero attached hydrogens (tertiary/aromatic N) is 3. The maximum Gasteiger partial charge on any atom is 0.224 e. The van der Waals surface area contributed by atoms with Crippen molar-refractivity contribution in [2.45, 2.75) is 12.8 Å². The number of nitrogens with one attached hydrogen (secondary N) is 1. The molecule has 2 aromatic carbocycles. The molecule has 0 fully saturated rings. The zero-order valence-corrected chi connectivity index (χ0v) is 17.9. The van der Waals surface area contributed by atoms with Gasteiger partial charge in [0.25, 0.3) is 0 Å². The van der Waals surface area contributed by atoms with Gasteiger partial charge < -0.3 is 9.73 Å². The maximum absolute atomic E-state index is 12.3. The molecule has 0 unspecified atom stereocenters. The number of anilines is 1. The number of carbonyl (C=O) groups excluding carboxylic acids is 1. The first-order valence-corrected chi connectivity index (χ1v) is 10.9. The average Bonchev–Trinajstić information content (AvgIpc) is 3.50. The molecule has 5 rings (SSSR count). The van der Waals surface area contributed by atoms with E-state index in [1.165, 1.54) is 0 Å². The molecule has 0 aliphatic rings. The average molecular weight is 449 g/mol. The summed E-state index contributed by atoms with van der Waals surface area (Å²) in [6, 6.07) is 15.1. The zero-order valence-electron chi connectivity index (χ0n) is 16.3. The van der Waals surface area contributed by atoms with Gasteiger partial charge in [-0.2, -0.15) is 0 Å². The molecule has 31 heavy (non-hydrogen) atoms. The van der Waals surface area contributed by atoms with Crippen LogP contribution in [0, 0.1) is 0 Å². The van der Waals surface area contributed by atoms with Crippen LogP contribution in [0.1, 0.15) is 12.3 Å². The van der Waals surface area contributed by atoms with Gasteiger partial charge in [-0.3, -0.25) is 9.20 Å². The minimum Gasteiger partial charge on any atom is -0.441 e. The van der Waals surface area contributed by atoms with Crippen molar-refractivity contribution in [2.75, 3.05) is 5.32 Å². The van der Waals surface area contributed by atoms with Crippen molar-refractivity contribution in [3.05, 3.63) is 83.4 Å². The topological polar surface area (TPSA) is 72.4 Å². The van der Waals surface area contributed by atoms with E-state index in [0.29, 0.717) is 23.1 Å². The Morgan fingerprint density at radius 2 is 2.00 bits per heavy atom. The summed E-state index contributed by atoms with van der Waals surface area (Å²) in [7, 11) is 0. The Labute approximate surface area is 187 Å². The lowest BCUT2D eigenvalue weighted by Crippen LogP contribution is -2.12. The first-order chi connectivity index (χ1) is 15.2. The molecular weight excluding hydrogens is 432 g/mol. The number of imidazole rings is 1. The van der Waals surface area contributed by atoms with Crippen molar-refractivity contribution in [1.82, 2.24) is 14.4 Å². The number of oxazole rings is 1. The van der Waals surface area contributed by atoms with Gasteiger partial charge in [-0.1, -0.05) is 35.9 Å². The molecule has 6 nitrogen and oxygen atoms in total. The van der Waals surface area contributed by atoms with Crippen LogP contribution in [0.5, 0.6) is 0 Å². The molecule has 0 aliphatic heterocycles. The van der Waals surface area contributed by atoms with Gasteiger partial charge >= 0.3 is 0 Å². The smallest absolute Gasteiger partial charge is 0.224 e. The quantitative estimate of drug-likeness (QED) is 0.348. The minimum atomic E-state index is -0.104. The molecule has 0 radical (unpaired) electrons. The largest absolute Gasteiger partial charge is 0.441 e. The number of fused-ring (bicyclic) bond motifs is 1. The Morgan fingerprint density at radius 1 is 1.16 bits per heavy atom. The Hall–Kier alpha value is -3.42. The van der Waals surface area contributed by atoms with Crippen LogP contribution < -0.4 is 5.32 Å². The van der Waals surface area contributed by atoms with Crippen LogP contribution in [0.25, 0.3) is 27.5 Å². The summed E-state index contributed by atoms with van der Waals surface area (Å²) in [4.78, 5) is 22.1. The van der Waals surface area contributed by atoms with Crippen LogP contribution in [-0.4, -0.2) is 20.3 Å². The number of benzene rings is 2. The van der Waals surface area contributed by atoms with E-state index in [2.05, 4.69) is 15.3 Å². The highest BCUT2D eigenvalue weighted by Gasteiger charge is 2.12. The highest BCUT2D eigenvalue weighted by Crippen LogP contribution is 2.28. The van der Waals surface area contributed by atoms with Gasteiger partial charge in [0.15, 0.2) is 16.6 Å². The van der Waals surface area contributed by atoms with Gasteiger partial charge in [-0.05, 0) is 24.3 Å². The Morgan fingerprint density at radius 3 is 2.81 bits per heavy atom. The summed E-state index contributed by atoms with van der Waals surface area (Å²) in [5.41, 5.74) is 3.42. The molecule has 154 valence electrons. The molecule has 8 heteroatoms. The maximum atomic E-state index is 12.3. The van der Waals surface area contributed by atoms with E-state index >= 15 is 0 Å². The number of thiazole rings is 1. The van der Waals surface area contributed by atoms with E-state index in [0.717, 1.165) is 27.5 Å². The van der Waals surface area contributed by atoms with Crippen molar-refractivity contribution in [3.63, 3.8) is 0 Å². The fraction of sp³-hybridized carbons (Fsp3) is 0.0870.